The Morgan fingerprint density at radius 3 is 2.19 bits per heavy atom. The highest BCUT2D eigenvalue weighted by molar-refractivity contribution is 7.80. The fourth-order valence-corrected chi connectivity index (χ4v) is 3.69. The van der Waals surface area contributed by atoms with Crippen LogP contribution in [0.5, 0.6) is 11.5 Å². The molecule has 0 saturated heterocycles. The minimum Gasteiger partial charge on any atom is -0.497 e. The fraction of sp³-hybridized carbons (Fsp3) is 0.296. The first kappa shape index (κ1) is 23.6. The van der Waals surface area contributed by atoms with Crippen LogP contribution in [0.4, 0.5) is 5.69 Å². The fourth-order valence-electron chi connectivity index (χ4n) is 3.44. The lowest BCUT2D eigenvalue weighted by atomic mass is 9.87. The van der Waals surface area contributed by atoms with Gasteiger partial charge in [0.15, 0.2) is 5.11 Å². The first-order chi connectivity index (χ1) is 15.3. The van der Waals surface area contributed by atoms with E-state index in [-0.39, 0.29) is 5.41 Å². The standard InChI is InChI=1S/C27H32N2O2S/c1-27(2,3)22-12-14-23(15-13-22)29(26(32)28-18-20-9-7-6-8-10-20)19-21-11-16-24(30-4)17-25(21)31-5/h6-17H,18-19H2,1-5H3,(H,28,32). The zero-order valence-corrected chi connectivity index (χ0v) is 20.3. The Labute approximate surface area is 197 Å². The molecule has 3 rings (SSSR count). The molecule has 0 atom stereocenters. The molecule has 0 aliphatic carbocycles. The van der Waals surface area contributed by atoms with E-state index in [9.17, 15) is 0 Å². The van der Waals surface area contributed by atoms with Crippen LogP contribution in [-0.2, 0) is 18.5 Å². The van der Waals surface area contributed by atoms with Crippen LogP contribution in [0, 0.1) is 0 Å². The van der Waals surface area contributed by atoms with E-state index in [0.29, 0.717) is 18.2 Å². The molecule has 0 aromatic heterocycles. The van der Waals surface area contributed by atoms with Gasteiger partial charge >= 0.3 is 0 Å². The van der Waals surface area contributed by atoms with Gasteiger partial charge in [-0.05, 0) is 53.0 Å². The van der Waals surface area contributed by atoms with Crippen molar-refractivity contribution in [3.05, 3.63) is 89.5 Å². The monoisotopic (exact) mass is 448 g/mol. The molecule has 0 unspecified atom stereocenters. The van der Waals surface area contributed by atoms with Crippen molar-refractivity contribution in [1.82, 2.24) is 5.32 Å². The summed E-state index contributed by atoms with van der Waals surface area (Å²) in [6, 6.07) is 24.7. The minimum absolute atomic E-state index is 0.0919. The number of nitrogens with zero attached hydrogens (tertiary/aromatic N) is 1. The number of benzene rings is 3. The number of nitrogens with one attached hydrogen (secondary N) is 1. The van der Waals surface area contributed by atoms with Gasteiger partial charge < -0.3 is 19.7 Å². The van der Waals surface area contributed by atoms with Crippen molar-refractivity contribution in [3.63, 3.8) is 0 Å². The molecule has 0 heterocycles. The number of rotatable bonds is 7. The van der Waals surface area contributed by atoms with Crippen molar-refractivity contribution in [2.45, 2.75) is 39.3 Å². The van der Waals surface area contributed by atoms with Crippen LogP contribution in [0.25, 0.3) is 0 Å². The number of anilines is 1. The van der Waals surface area contributed by atoms with E-state index in [0.717, 1.165) is 22.7 Å². The summed E-state index contributed by atoms with van der Waals surface area (Å²) in [5.74, 6) is 1.53. The van der Waals surface area contributed by atoms with E-state index in [1.54, 1.807) is 14.2 Å². The quantitative estimate of drug-likeness (QED) is 0.443. The molecule has 0 fully saturated rings. The van der Waals surface area contributed by atoms with Crippen LogP contribution < -0.4 is 19.7 Å². The van der Waals surface area contributed by atoms with Gasteiger partial charge in [0.2, 0.25) is 0 Å². The zero-order chi connectivity index (χ0) is 23.1. The number of thiocarbonyl (C=S) groups is 1. The summed E-state index contributed by atoms with van der Waals surface area (Å²) in [5.41, 5.74) is 4.61. The van der Waals surface area contributed by atoms with Gasteiger partial charge in [0.05, 0.1) is 20.8 Å². The molecule has 0 bridgehead atoms. The third kappa shape index (κ3) is 6.01. The van der Waals surface area contributed by atoms with Crippen molar-refractivity contribution in [1.29, 1.82) is 0 Å². The van der Waals surface area contributed by atoms with Crippen molar-refractivity contribution < 1.29 is 9.47 Å². The second kappa shape index (κ2) is 10.5. The van der Waals surface area contributed by atoms with Crippen LogP contribution >= 0.6 is 12.2 Å². The van der Waals surface area contributed by atoms with Gasteiger partial charge in [-0.1, -0.05) is 63.2 Å². The third-order valence-corrected chi connectivity index (χ3v) is 5.76. The van der Waals surface area contributed by atoms with E-state index in [4.69, 9.17) is 21.7 Å². The summed E-state index contributed by atoms with van der Waals surface area (Å²) in [6.45, 7) is 7.88. The number of ether oxygens (including phenoxy) is 2. The number of hydrogen-bond donors (Lipinski definition) is 1. The molecule has 0 radical (unpaired) electrons. The molecular weight excluding hydrogens is 416 g/mol. The van der Waals surface area contributed by atoms with Crippen LogP contribution in [-0.4, -0.2) is 19.3 Å². The Morgan fingerprint density at radius 1 is 0.906 bits per heavy atom. The molecule has 0 aliphatic rings. The maximum absolute atomic E-state index is 5.84. The highest BCUT2D eigenvalue weighted by atomic mass is 32.1. The SMILES string of the molecule is COc1ccc(CN(C(=S)NCc2ccccc2)c2ccc(C(C)(C)C)cc2)c(OC)c1. The second-order valence-electron chi connectivity index (χ2n) is 8.71. The Morgan fingerprint density at radius 2 is 1.59 bits per heavy atom. The van der Waals surface area contributed by atoms with Gasteiger partial charge in [-0.3, -0.25) is 0 Å². The Bertz CT molecular complexity index is 1030. The largest absolute Gasteiger partial charge is 0.497 e. The van der Waals surface area contributed by atoms with Crippen LogP contribution in [0.3, 0.4) is 0 Å². The maximum Gasteiger partial charge on any atom is 0.174 e. The lowest BCUT2D eigenvalue weighted by Crippen LogP contribution is -2.39. The number of methoxy groups -OCH3 is 2. The van der Waals surface area contributed by atoms with Crippen LogP contribution in [0.15, 0.2) is 72.8 Å². The molecule has 1 N–H and O–H groups in total. The zero-order valence-electron chi connectivity index (χ0n) is 19.5. The summed E-state index contributed by atoms with van der Waals surface area (Å²) in [4.78, 5) is 2.11. The highest BCUT2D eigenvalue weighted by Crippen LogP contribution is 2.29. The van der Waals surface area contributed by atoms with Crippen molar-refractivity contribution in [2.24, 2.45) is 0 Å². The summed E-state index contributed by atoms with van der Waals surface area (Å²) in [6.07, 6.45) is 0. The molecule has 0 amide bonds. The predicted molar refractivity (Wildman–Crippen MR) is 137 cm³/mol. The van der Waals surface area contributed by atoms with Gasteiger partial charge in [0, 0.05) is 23.9 Å². The average Bonchev–Trinajstić information content (AvgIpc) is 2.81. The highest BCUT2D eigenvalue weighted by Gasteiger charge is 2.18. The predicted octanol–water partition coefficient (Wildman–Crippen LogP) is 6.08. The van der Waals surface area contributed by atoms with E-state index < -0.39 is 0 Å². The Kier molecular flexibility index (Phi) is 7.75. The number of hydrogen-bond acceptors (Lipinski definition) is 3. The Hall–Kier alpha value is -3.05. The van der Waals surface area contributed by atoms with E-state index in [2.05, 4.69) is 67.4 Å². The van der Waals surface area contributed by atoms with Gasteiger partial charge in [-0.25, -0.2) is 0 Å². The molecule has 0 aliphatic heterocycles. The summed E-state index contributed by atoms with van der Waals surface area (Å²) in [7, 11) is 3.33. The molecule has 3 aromatic rings. The summed E-state index contributed by atoms with van der Waals surface area (Å²) >= 11 is 5.84. The van der Waals surface area contributed by atoms with E-state index in [1.165, 1.54) is 11.1 Å². The molecule has 0 spiro atoms. The van der Waals surface area contributed by atoms with Crippen molar-refractivity contribution in [3.8, 4) is 11.5 Å². The van der Waals surface area contributed by atoms with E-state index >= 15 is 0 Å². The van der Waals surface area contributed by atoms with E-state index in [1.807, 2.05) is 36.4 Å². The summed E-state index contributed by atoms with van der Waals surface area (Å²) < 4.78 is 11.0. The van der Waals surface area contributed by atoms with Crippen LogP contribution in [0.2, 0.25) is 0 Å². The van der Waals surface area contributed by atoms with Gasteiger partial charge in [0.1, 0.15) is 11.5 Å². The smallest absolute Gasteiger partial charge is 0.174 e. The topological polar surface area (TPSA) is 33.7 Å². The first-order valence-corrected chi connectivity index (χ1v) is 11.1. The maximum atomic E-state index is 5.84. The third-order valence-electron chi connectivity index (χ3n) is 5.40. The molecule has 32 heavy (non-hydrogen) atoms. The lowest BCUT2D eigenvalue weighted by molar-refractivity contribution is 0.391. The lowest BCUT2D eigenvalue weighted by Gasteiger charge is -2.28. The van der Waals surface area contributed by atoms with Gasteiger partial charge in [-0.2, -0.15) is 0 Å². The van der Waals surface area contributed by atoms with Gasteiger partial charge in [0.25, 0.3) is 0 Å². The Balaban J connectivity index is 1.89. The molecule has 5 heteroatoms. The second-order valence-corrected chi connectivity index (χ2v) is 9.09. The van der Waals surface area contributed by atoms with Crippen molar-refractivity contribution in [2.75, 3.05) is 19.1 Å². The summed E-state index contributed by atoms with van der Waals surface area (Å²) in [5, 5.41) is 4.08. The molecule has 4 nitrogen and oxygen atoms in total. The molecule has 3 aromatic carbocycles. The minimum atomic E-state index is 0.0919. The van der Waals surface area contributed by atoms with Crippen LogP contribution in [0.1, 0.15) is 37.5 Å². The average molecular weight is 449 g/mol. The molecule has 168 valence electrons. The normalized spacial score (nSPS) is 11.0. The van der Waals surface area contributed by atoms with Gasteiger partial charge in [-0.15, -0.1) is 0 Å². The first-order valence-electron chi connectivity index (χ1n) is 10.7. The molecular formula is C27H32N2O2S. The van der Waals surface area contributed by atoms with Crippen molar-refractivity contribution >= 4 is 23.0 Å². The molecule has 0 saturated carbocycles.